The number of halogens is 3. The average Bonchev–Trinajstić information content (AvgIpc) is 3.07. The maximum absolute atomic E-state index is 12.7. The number of nitrogens with one attached hydrogen (secondary N) is 1. The summed E-state index contributed by atoms with van der Waals surface area (Å²) in [7, 11) is -1.97. The molecule has 1 aromatic heterocycles. The van der Waals surface area contributed by atoms with E-state index in [9.17, 15) is 26.4 Å². The number of aryl methyl sites for hydroxylation is 2. The molecule has 0 atom stereocenters. The third kappa shape index (κ3) is 5.45. The molecule has 0 unspecified atom stereocenters. The SMILES string of the molecule is Cc1nc(S(=O)(=O)N2CCC(C(=O)NCCc3ccc(C(F)(F)F)cc3)CC2)cn1C. The molecule has 2 aromatic rings. The monoisotopic (exact) mass is 458 g/mol. The maximum atomic E-state index is 12.7. The number of hydrogen-bond acceptors (Lipinski definition) is 4. The molecule has 7 nitrogen and oxygen atoms in total. The van der Waals surface area contributed by atoms with E-state index in [1.54, 1.807) is 18.5 Å². The molecule has 0 saturated carbocycles. The third-order valence-electron chi connectivity index (χ3n) is 5.51. The van der Waals surface area contributed by atoms with Crippen LogP contribution in [0.25, 0.3) is 0 Å². The van der Waals surface area contributed by atoms with Gasteiger partial charge in [-0.1, -0.05) is 12.1 Å². The summed E-state index contributed by atoms with van der Waals surface area (Å²) in [5.41, 5.74) is -0.0114. The maximum Gasteiger partial charge on any atom is 0.416 e. The summed E-state index contributed by atoms with van der Waals surface area (Å²) in [4.78, 5) is 16.5. The zero-order chi connectivity index (χ0) is 22.8. The first-order chi connectivity index (χ1) is 14.5. The second kappa shape index (κ2) is 8.99. The smallest absolute Gasteiger partial charge is 0.356 e. The highest BCUT2D eigenvalue weighted by atomic mass is 32.2. The quantitative estimate of drug-likeness (QED) is 0.721. The number of aromatic nitrogens is 2. The lowest BCUT2D eigenvalue weighted by atomic mass is 9.97. The fraction of sp³-hybridized carbons (Fsp3) is 0.500. The Kier molecular flexibility index (Phi) is 6.75. The van der Waals surface area contributed by atoms with Crippen molar-refractivity contribution >= 4 is 15.9 Å². The van der Waals surface area contributed by atoms with Crippen LogP contribution in [-0.4, -0.2) is 47.8 Å². The third-order valence-corrected chi connectivity index (χ3v) is 7.28. The van der Waals surface area contributed by atoms with E-state index in [1.165, 1.54) is 22.6 Å². The van der Waals surface area contributed by atoms with Crippen molar-refractivity contribution in [2.75, 3.05) is 19.6 Å². The van der Waals surface area contributed by atoms with Gasteiger partial charge >= 0.3 is 6.18 Å². The van der Waals surface area contributed by atoms with E-state index in [2.05, 4.69) is 10.3 Å². The van der Waals surface area contributed by atoms with Crippen molar-refractivity contribution in [1.82, 2.24) is 19.2 Å². The summed E-state index contributed by atoms with van der Waals surface area (Å²) in [6, 6.07) is 4.85. The van der Waals surface area contributed by atoms with Crippen molar-refractivity contribution in [2.45, 2.75) is 37.4 Å². The van der Waals surface area contributed by atoms with Gasteiger partial charge in [0, 0.05) is 38.8 Å². The number of sulfonamides is 1. The van der Waals surface area contributed by atoms with Gasteiger partial charge in [0.1, 0.15) is 5.82 Å². The molecule has 2 heterocycles. The Morgan fingerprint density at radius 2 is 1.81 bits per heavy atom. The standard InChI is InChI=1S/C20H25F3N4O3S/c1-14-25-18(13-26(14)2)31(29,30)27-11-8-16(9-12-27)19(28)24-10-7-15-3-5-17(6-4-15)20(21,22)23/h3-6,13,16H,7-12H2,1-2H3,(H,24,28). The minimum Gasteiger partial charge on any atom is -0.356 e. The molecule has 1 aliphatic rings. The Morgan fingerprint density at radius 3 is 2.32 bits per heavy atom. The molecule has 31 heavy (non-hydrogen) atoms. The van der Waals surface area contributed by atoms with Gasteiger partial charge in [-0.15, -0.1) is 0 Å². The predicted molar refractivity (Wildman–Crippen MR) is 108 cm³/mol. The number of hydrogen-bond donors (Lipinski definition) is 1. The van der Waals surface area contributed by atoms with Gasteiger partial charge in [-0.05, 0) is 43.9 Å². The van der Waals surface area contributed by atoms with Gasteiger partial charge in [-0.3, -0.25) is 4.79 Å². The summed E-state index contributed by atoms with van der Waals surface area (Å²) in [5.74, 6) is 0.128. The number of benzene rings is 1. The molecular weight excluding hydrogens is 433 g/mol. The van der Waals surface area contributed by atoms with Crippen molar-refractivity contribution in [1.29, 1.82) is 0 Å². The molecule has 1 saturated heterocycles. The number of carbonyl (C=O) groups is 1. The molecule has 3 rings (SSSR count). The molecule has 0 bridgehead atoms. The zero-order valence-corrected chi connectivity index (χ0v) is 18.1. The van der Waals surface area contributed by atoms with E-state index in [-0.39, 0.29) is 29.9 Å². The van der Waals surface area contributed by atoms with Crippen LogP contribution in [0.1, 0.15) is 29.8 Å². The largest absolute Gasteiger partial charge is 0.416 e. The first kappa shape index (κ1) is 23.3. The lowest BCUT2D eigenvalue weighted by Gasteiger charge is -2.29. The summed E-state index contributed by atoms with van der Waals surface area (Å²) in [6.07, 6.45) is -1.68. The highest BCUT2D eigenvalue weighted by Gasteiger charge is 2.33. The highest BCUT2D eigenvalue weighted by Crippen LogP contribution is 2.29. The van der Waals surface area contributed by atoms with E-state index in [4.69, 9.17) is 0 Å². The number of piperidine rings is 1. The van der Waals surface area contributed by atoms with Crippen LogP contribution < -0.4 is 5.32 Å². The Morgan fingerprint density at radius 1 is 1.19 bits per heavy atom. The number of amides is 1. The summed E-state index contributed by atoms with van der Waals surface area (Å²) < 4.78 is 66.2. The number of nitrogens with zero attached hydrogens (tertiary/aromatic N) is 3. The van der Waals surface area contributed by atoms with Gasteiger partial charge in [-0.2, -0.15) is 17.5 Å². The minimum atomic E-state index is -4.37. The van der Waals surface area contributed by atoms with Crippen molar-refractivity contribution < 1.29 is 26.4 Å². The first-order valence-electron chi connectivity index (χ1n) is 9.92. The van der Waals surface area contributed by atoms with E-state index in [1.807, 2.05) is 0 Å². The predicted octanol–water partition coefficient (Wildman–Crippen LogP) is 2.51. The molecule has 1 aliphatic heterocycles. The molecule has 0 radical (unpaired) electrons. The molecule has 1 fully saturated rings. The Labute approximate surface area is 179 Å². The van der Waals surface area contributed by atoms with Crippen LogP contribution in [-0.2, 0) is 34.5 Å². The van der Waals surface area contributed by atoms with E-state index >= 15 is 0 Å². The van der Waals surface area contributed by atoms with Gasteiger partial charge in [-0.25, -0.2) is 13.4 Å². The van der Waals surface area contributed by atoms with Crippen LogP contribution in [0.15, 0.2) is 35.5 Å². The fourth-order valence-corrected chi connectivity index (χ4v) is 4.97. The van der Waals surface area contributed by atoms with Crippen molar-refractivity contribution in [2.24, 2.45) is 13.0 Å². The molecule has 170 valence electrons. The fourth-order valence-electron chi connectivity index (χ4n) is 3.48. The Bertz CT molecular complexity index is 1010. The van der Waals surface area contributed by atoms with Gasteiger partial charge in [0.2, 0.25) is 5.91 Å². The summed E-state index contributed by atoms with van der Waals surface area (Å²) >= 11 is 0. The number of imidazole rings is 1. The average molecular weight is 459 g/mol. The van der Waals surface area contributed by atoms with Crippen LogP contribution in [0.4, 0.5) is 13.2 Å². The van der Waals surface area contributed by atoms with Crippen molar-refractivity contribution in [3.63, 3.8) is 0 Å². The van der Waals surface area contributed by atoms with Crippen LogP contribution in [0.3, 0.4) is 0 Å². The first-order valence-corrected chi connectivity index (χ1v) is 11.4. The van der Waals surface area contributed by atoms with Crippen molar-refractivity contribution in [3.8, 4) is 0 Å². The number of alkyl halides is 3. The second-order valence-corrected chi connectivity index (χ2v) is 9.54. The highest BCUT2D eigenvalue weighted by molar-refractivity contribution is 7.89. The second-order valence-electron chi connectivity index (χ2n) is 7.65. The van der Waals surface area contributed by atoms with Crippen LogP contribution in [0.5, 0.6) is 0 Å². The molecule has 11 heteroatoms. The lowest BCUT2D eigenvalue weighted by Crippen LogP contribution is -2.43. The normalized spacial score (nSPS) is 16.4. The number of rotatable bonds is 6. The molecular formula is C20H25F3N4O3S. The molecule has 1 N–H and O–H groups in total. The molecule has 0 aliphatic carbocycles. The summed E-state index contributed by atoms with van der Waals surface area (Å²) in [6.45, 7) is 2.49. The summed E-state index contributed by atoms with van der Waals surface area (Å²) in [5, 5.41) is 2.80. The minimum absolute atomic E-state index is 0.00643. The van der Waals surface area contributed by atoms with Gasteiger partial charge in [0.05, 0.1) is 5.56 Å². The lowest BCUT2D eigenvalue weighted by molar-refractivity contribution is -0.137. The number of carbonyl (C=O) groups excluding carboxylic acids is 1. The Balaban J connectivity index is 1.47. The van der Waals surface area contributed by atoms with Crippen molar-refractivity contribution in [3.05, 3.63) is 47.4 Å². The molecule has 1 amide bonds. The topological polar surface area (TPSA) is 84.3 Å². The van der Waals surface area contributed by atoms with Gasteiger partial charge < -0.3 is 9.88 Å². The van der Waals surface area contributed by atoms with E-state index in [0.717, 1.165) is 12.1 Å². The van der Waals surface area contributed by atoms with Gasteiger partial charge in [0.25, 0.3) is 10.0 Å². The van der Waals surface area contributed by atoms with Crippen LogP contribution >= 0.6 is 0 Å². The van der Waals surface area contributed by atoms with Crippen LogP contribution in [0, 0.1) is 12.8 Å². The molecule has 1 aromatic carbocycles. The van der Waals surface area contributed by atoms with Gasteiger partial charge in [0.15, 0.2) is 5.03 Å². The zero-order valence-electron chi connectivity index (χ0n) is 17.3. The Hall–Kier alpha value is -2.40. The van der Waals surface area contributed by atoms with E-state index in [0.29, 0.717) is 37.2 Å². The molecule has 0 spiro atoms. The van der Waals surface area contributed by atoms with Crippen LogP contribution in [0.2, 0.25) is 0 Å². The van der Waals surface area contributed by atoms with E-state index < -0.39 is 21.8 Å².